The molecule has 0 aromatic heterocycles. The summed E-state index contributed by atoms with van der Waals surface area (Å²) in [5, 5.41) is 37.5. The van der Waals surface area contributed by atoms with E-state index < -0.39 is 35.9 Å². The van der Waals surface area contributed by atoms with Gasteiger partial charge >= 0.3 is 12.2 Å². The molecular weight excluding hydrogens is 951 g/mol. The van der Waals surface area contributed by atoms with Crippen LogP contribution in [0, 0.1) is 17.8 Å². The Morgan fingerprint density at radius 3 is 2.24 bits per heavy atom. The lowest BCUT2D eigenvalue weighted by molar-refractivity contribution is -0.256. The monoisotopic (exact) mass is 1020 g/mol. The number of fused-ring (bicyclic) bond motifs is 2. The smallest absolute Gasteiger partial charge is 0.417 e. The highest BCUT2D eigenvalue weighted by molar-refractivity contribution is 6.03. The van der Waals surface area contributed by atoms with Gasteiger partial charge < -0.3 is 58.1 Å². The normalized spacial score (nSPS) is 21.0. The summed E-state index contributed by atoms with van der Waals surface area (Å²) in [6.07, 6.45) is 6.57. The van der Waals surface area contributed by atoms with Gasteiger partial charge in [-0.25, -0.2) is 9.59 Å². The van der Waals surface area contributed by atoms with Crippen molar-refractivity contribution in [3.8, 4) is 23.0 Å². The number of nitrogens with one attached hydrogen (secondary N) is 1. The van der Waals surface area contributed by atoms with Gasteiger partial charge in [0.15, 0.2) is 0 Å². The van der Waals surface area contributed by atoms with Gasteiger partial charge in [-0.3, -0.25) is 10.2 Å². The highest BCUT2D eigenvalue weighted by Crippen LogP contribution is 2.62. The first kappa shape index (κ1) is 55.3. The highest BCUT2D eigenvalue weighted by atomic mass is 16.7. The minimum atomic E-state index is -1.62. The Morgan fingerprint density at radius 2 is 1.54 bits per heavy atom. The summed E-state index contributed by atoms with van der Waals surface area (Å²) in [4.78, 5) is 36.3. The molecule has 17 heteroatoms. The molecular formula is C57H71N3O14. The number of amides is 2. The molecule has 1 aliphatic heterocycles. The number of methoxy groups -OCH3 is 2. The summed E-state index contributed by atoms with van der Waals surface area (Å²) >= 11 is 0. The van der Waals surface area contributed by atoms with Gasteiger partial charge in [-0.1, -0.05) is 90.8 Å². The largest absolute Gasteiger partial charge is 0.497 e. The zero-order valence-electron chi connectivity index (χ0n) is 42.4. The van der Waals surface area contributed by atoms with Gasteiger partial charge in [0.1, 0.15) is 42.3 Å². The summed E-state index contributed by atoms with van der Waals surface area (Å²) in [5.74, 6) is -1.27. The SMILES string of the molecule is C=CCO[C@@]12Oc3ccc(OC(=O)Nc4ccc(OC)cc4OC)cc3[C@H]3[C@H](CCCCO)[C@@H](CCCCO)C=C(C(=NOCc4ccccc4)C[C@@H]1N(CCOCCO)C(=O)OCCOCc1ccccc1)[C@H]32. The van der Waals surface area contributed by atoms with E-state index >= 15 is 0 Å². The lowest BCUT2D eigenvalue weighted by atomic mass is 9.55. The second kappa shape index (κ2) is 28.3. The van der Waals surface area contributed by atoms with Crippen molar-refractivity contribution in [1.29, 1.82) is 0 Å². The molecule has 6 atom stereocenters. The predicted octanol–water partition coefficient (Wildman–Crippen LogP) is 8.81. The van der Waals surface area contributed by atoms with Gasteiger partial charge in [-0.2, -0.15) is 0 Å². The number of carbonyl (C=O) groups is 2. The topological polar surface area (TPSA) is 206 Å². The molecule has 4 N–H and O–H groups in total. The van der Waals surface area contributed by atoms with Crippen LogP contribution in [-0.4, -0.2) is 124 Å². The van der Waals surface area contributed by atoms with Crippen LogP contribution in [0.25, 0.3) is 0 Å². The van der Waals surface area contributed by atoms with Crippen LogP contribution in [-0.2, 0) is 37.0 Å². The molecule has 398 valence electrons. The van der Waals surface area contributed by atoms with Crippen LogP contribution in [0.2, 0.25) is 0 Å². The number of aliphatic hydroxyl groups is 3. The molecule has 4 aromatic rings. The third-order valence-electron chi connectivity index (χ3n) is 13.6. The maximum absolute atomic E-state index is 14.8. The van der Waals surface area contributed by atoms with E-state index in [0.29, 0.717) is 60.9 Å². The first-order chi connectivity index (χ1) is 36.3. The van der Waals surface area contributed by atoms with Crippen molar-refractivity contribution >= 4 is 23.6 Å². The van der Waals surface area contributed by atoms with Crippen molar-refractivity contribution in [2.45, 2.75) is 75.9 Å². The van der Waals surface area contributed by atoms with Crippen molar-refractivity contribution < 1.29 is 67.6 Å². The lowest BCUT2D eigenvalue weighted by Crippen LogP contribution is -2.70. The minimum absolute atomic E-state index is 0.0135. The molecule has 4 aromatic carbocycles. The number of allylic oxidation sites excluding steroid dienone is 1. The summed E-state index contributed by atoms with van der Waals surface area (Å²) < 4.78 is 49.1. The first-order valence-electron chi connectivity index (χ1n) is 25.5. The average molecular weight is 1020 g/mol. The van der Waals surface area contributed by atoms with Crippen LogP contribution in [0.4, 0.5) is 15.3 Å². The van der Waals surface area contributed by atoms with E-state index in [1.54, 1.807) is 41.3 Å². The Labute approximate surface area is 433 Å². The molecule has 0 saturated heterocycles. The Hall–Kier alpha value is -6.47. The number of carbonyl (C=O) groups excluding carboxylic acids is 2. The van der Waals surface area contributed by atoms with E-state index in [4.69, 9.17) is 47.9 Å². The average Bonchev–Trinajstić information content (AvgIpc) is 3.46. The molecule has 1 fully saturated rings. The number of hydrogen-bond donors (Lipinski definition) is 4. The van der Waals surface area contributed by atoms with Gasteiger partial charge in [0.2, 0.25) is 5.79 Å². The van der Waals surface area contributed by atoms with Gasteiger partial charge in [0.05, 0.1) is 71.2 Å². The van der Waals surface area contributed by atoms with E-state index in [2.05, 4.69) is 18.0 Å². The molecule has 7 rings (SSSR count). The van der Waals surface area contributed by atoms with Crippen LogP contribution in [0.15, 0.2) is 127 Å². The maximum Gasteiger partial charge on any atom is 0.417 e. The van der Waals surface area contributed by atoms with Crippen LogP contribution in [0.5, 0.6) is 23.0 Å². The molecule has 3 aliphatic rings. The number of unbranched alkanes of at least 4 members (excludes halogenated alkanes) is 2. The molecule has 0 bridgehead atoms. The van der Waals surface area contributed by atoms with Gasteiger partial charge in [-0.05, 0) is 84.6 Å². The number of rotatable bonds is 29. The number of oxime groups is 1. The zero-order chi connectivity index (χ0) is 52.1. The van der Waals surface area contributed by atoms with E-state index in [1.165, 1.54) is 14.2 Å². The van der Waals surface area contributed by atoms with E-state index in [-0.39, 0.29) is 90.0 Å². The van der Waals surface area contributed by atoms with Crippen molar-refractivity contribution in [3.05, 3.63) is 138 Å². The van der Waals surface area contributed by atoms with Crippen LogP contribution >= 0.6 is 0 Å². The number of aliphatic hydroxyl groups excluding tert-OH is 3. The van der Waals surface area contributed by atoms with Gasteiger partial charge in [0.25, 0.3) is 0 Å². The summed E-state index contributed by atoms with van der Waals surface area (Å²) in [6, 6.07) is 28.7. The number of nitrogens with zero attached hydrogens (tertiary/aromatic N) is 2. The third kappa shape index (κ3) is 14.0. The van der Waals surface area contributed by atoms with Crippen LogP contribution < -0.4 is 24.3 Å². The molecule has 1 saturated carbocycles. The van der Waals surface area contributed by atoms with Gasteiger partial charge in [0, 0.05) is 43.7 Å². The molecule has 17 nitrogen and oxygen atoms in total. The van der Waals surface area contributed by atoms with Crippen molar-refractivity contribution in [3.63, 3.8) is 0 Å². The number of anilines is 1. The summed E-state index contributed by atoms with van der Waals surface area (Å²) in [5.41, 5.74) is 4.40. The fraction of sp³-hybridized carbons (Fsp3) is 0.456. The fourth-order valence-corrected chi connectivity index (χ4v) is 10.4. The van der Waals surface area contributed by atoms with Crippen LogP contribution in [0.3, 0.4) is 0 Å². The fourth-order valence-electron chi connectivity index (χ4n) is 10.4. The number of ether oxygens (including phenoxy) is 8. The summed E-state index contributed by atoms with van der Waals surface area (Å²) in [7, 11) is 3.03. The standard InChI is InChI=1S/C57H71N3O14/c1-4-29-71-57-52(60(25-30-68-31-28-63)56(65)70-33-32-69-38-40-15-7-5-8-16-40)37-49(59-72-39-41-17-9-6-10-18-41)46-34-42(19-11-13-26-61)45(20-12-14-27-62)53(54(46)57)47-35-44(22-24-50(47)74-57)73-55(64)58-48-23-21-43(66-2)36-51(48)67-3/h4-10,15-18,21-24,34-36,42,45,52-54,61-63H,1,11-14,19-20,25-33,37-39H2,2-3H3,(H,58,64)/t42-,45+,52-,53+,54+,57+/m0/s1. The maximum atomic E-state index is 14.8. The molecule has 2 aliphatic carbocycles. The Bertz CT molecular complexity index is 2470. The summed E-state index contributed by atoms with van der Waals surface area (Å²) in [6.45, 7) is 4.58. The second-order valence-electron chi connectivity index (χ2n) is 18.3. The van der Waals surface area contributed by atoms with Crippen molar-refractivity contribution in [2.24, 2.45) is 22.9 Å². The number of hydrogen-bond acceptors (Lipinski definition) is 15. The van der Waals surface area contributed by atoms with Gasteiger partial charge in [-0.15, -0.1) is 6.58 Å². The second-order valence-corrected chi connectivity index (χ2v) is 18.3. The molecule has 0 spiro atoms. The first-order valence-corrected chi connectivity index (χ1v) is 25.5. The van der Waals surface area contributed by atoms with E-state index in [1.807, 2.05) is 66.7 Å². The van der Waals surface area contributed by atoms with Crippen molar-refractivity contribution in [2.75, 3.05) is 78.9 Å². The zero-order valence-corrected chi connectivity index (χ0v) is 42.4. The Morgan fingerprint density at radius 1 is 0.811 bits per heavy atom. The number of benzene rings is 4. The molecule has 0 radical (unpaired) electrons. The quantitative estimate of drug-likeness (QED) is 0.0228. The Kier molecular flexibility index (Phi) is 21.1. The molecule has 2 amide bonds. The molecule has 0 unspecified atom stereocenters. The Balaban J connectivity index is 1.35. The predicted molar refractivity (Wildman–Crippen MR) is 277 cm³/mol. The highest BCUT2D eigenvalue weighted by Gasteiger charge is 2.65. The lowest BCUT2D eigenvalue weighted by Gasteiger charge is -2.59. The molecule has 74 heavy (non-hydrogen) atoms. The van der Waals surface area contributed by atoms with E-state index in [9.17, 15) is 24.9 Å². The molecule has 1 heterocycles. The third-order valence-corrected chi connectivity index (χ3v) is 13.6. The van der Waals surface area contributed by atoms with E-state index in [0.717, 1.165) is 35.1 Å². The minimum Gasteiger partial charge on any atom is -0.497 e. The van der Waals surface area contributed by atoms with Crippen molar-refractivity contribution in [1.82, 2.24) is 4.90 Å². The van der Waals surface area contributed by atoms with Crippen LogP contribution in [0.1, 0.15) is 67.6 Å².